The number of aliphatic hydroxyl groups excluding tert-OH is 1. The summed E-state index contributed by atoms with van der Waals surface area (Å²) in [6, 6.07) is 4.51. The van der Waals surface area contributed by atoms with Crippen molar-refractivity contribution in [2.24, 2.45) is 11.7 Å². The van der Waals surface area contributed by atoms with Crippen LogP contribution in [-0.4, -0.2) is 35.6 Å². The monoisotopic (exact) mass is 290 g/mol. The van der Waals surface area contributed by atoms with Crippen molar-refractivity contribution in [1.82, 2.24) is 4.90 Å². The number of likely N-dealkylation sites (tertiary alicyclic amines) is 1. The van der Waals surface area contributed by atoms with Crippen LogP contribution in [-0.2, 0) is 11.3 Å². The summed E-state index contributed by atoms with van der Waals surface area (Å²) < 4.78 is 13.3. The molecule has 1 aromatic carbocycles. The summed E-state index contributed by atoms with van der Waals surface area (Å²) in [4.78, 5) is 13.4. The Morgan fingerprint density at radius 2 is 2.14 bits per heavy atom. The Kier molecular flexibility index (Phi) is 5.32. The molecule has 1 saturated heterocycles. The van der Waals surface area contributed by atoms with Gasteiger partial charge in [0.15, 0.2) is 0 Å². The third-order valence-electron chi connectivity index (χ3n) is 3.76. The highest BCUT2D eigenvalue weighted by atomic mass is 19.1. The van der Waals surface area contributed by atoms with Crippen LogP contribution < -0.4 is 5.73 Å². The average Bonchev–Trinajstić information content (AvgIpc) is 2.48. The Balaban J connectivity index is 2.05. The van der Waals surface area contributed by atoms with Crippen LogP contribution in [0.5, 0.6) is 0 Å². The van der Waals surface area contributed by atoms with Gasteiger partial charge in [0, 0.05) is 18.0 Å². The standard InChI is InChI=1S/C16H19FN2O2/c17-15-4-3-14(13(10-15)2-1-9-20)11-19-7-5-12(6-8-19)16(18)21/h3-4,10,12,20H,5-9,11H2,(H2,18,21). The zero-order valence-corrected chi connectivity index (χ0v) is 11.8. The van der Waals surface area contributed by atoms with Crippen molar-refractivity contribution in [2.45, 2.75) is 19.4 Å². The fraction of sp³-hybridized carbons (Fsp3) is 0.438. The lowest BCUT2D eigenvalue weighted by Gasteiger charge is -2.30. The zero-order chi connectivity index (χ0) is 15.2. The molecule has 1 aliphatic heterocycles. The first kappa shape index (κ1) is 15.5. The number of piperidine rings is 1. The molecule has 2 rings (SSSR count). The highest BCUT2D eigenvalue weighted by molar-refractivity contribution is 5.76. The molecule has 1 heterocycles. The van der Waals surface area contributed by atoms with Crippen LogP contribution in [0.2, 0.25) is 0 Å². The van der Waals surface area contributed by atoms with E-state index in [1.807, 2.05) is 0 Å². The lowest BCUT2D eigenvalue weighted by molar-refractivity contribution is -0.123. The first-order chi connectivity index (χ1) is 10.1. The number of carbonyl (C=O) groups is 1. The highest BCUT2D eigenvalue weighted by Gasteiger charge is 2.23. The van der Waals surface area contributed by atoms with Gasteiger partial charge in [-0.3, -0.25) is 9.69 Å². The van der Waals surface area contributed by atoms with Gasteiger partial charge in [-0.1, -0.05) is 17.9 Å². The van der Waals surface area contributed by atoms with Gasteiger partial charge in [-0.15, -0.1) is 0 Å². The molecule has 21 heavy (non-hydrogen) atoms. The predicted molar refractivity (Wildman–Crippen MR) is 77.6 cm³/mol. The second-order valence-electron chi connectivity index (χ2n) is 5.21. The molecule has 1 fully saturated rings. The summed E-state index contributed by atoms with van der Waals surface area (Å²) in [5.74, 6) is 4.72. The van der Waals surface area contributed by atoms with Crippen LogP contribution in [0.15, 0.2) is 18.2 Å². The van der Waals surface area contributed by atoms with Crippen molar-refractivity contribution >= 4 is 5.91 Å². The lowest BCUT2D eigenvalue weighted by Crippen LogP contribution is -2.38. The number of amides is 1. The SMILES string of the molecule is NC(=O)C1CCN(Cc2ccc(F)cc2C#CCO)CC1. The molecule has 112 valence electrons. The van der Waals surface area contributed by atoms with Crippen LogP contribution in [0, 0.1) is 23.6 Å². The average molecular weight is 290 g/mol. The van der Waals surface area contributed by atoms with E-state index in [0.717, 1.165) is 31.5 Å². The van der Waals surface area contributed by atoms with E-state index in [0.29, 0.717) is 12.1 Å². The molecule has 0 spiro atoms. The molecule has 4 nitrogen and oxygen atoms in total. The summed E-state index contributed by atoms with van der Waals surface area (Å²) in [5, 5.41) is 8.77. The van der Waals surface area contributed by atoms with E-state index in [1.54, 1.807) is 6.07 Å². The number of benzene rings is 1. The van der Waals surface area contributed by atoms with Crippen LogP contribution in [0.25, 0.3) is 0 Å². The summed E-state index contributed by atoms with van der Waals surface area (Å²) >= 11 is 0. The van der Waals surface area contributed by atoms with Gasteiger partial charge < -0.3 is 10.8 Å². The van der Waals surface area contributed by atoms with E-state index in [-0.39, 0.29) is 24.2 Å². The molecule has 1 aliphatic rings. The largest absolute Gasteiger partial charge is 0.384 e. The van der Waals surface area contributed by atoms with E-state index < -0.39 is 0 Å². The number of nitrogens with two attached hydrogens (primary N) is 1. The van der Waals surface area contributed by atoms with E-state index in [1.165, 1.54) is 12.1 Å². The van der Waals surface area contributed by atoms with Gasteiger partial charge in [-0.2, -0.15) is 0 Å². The molecule has 0 bridgehead atoms. The molecular formula is C16H19FN2O2. The highest BCUT2D eigenvalue weighted by Crippen LogP contribution is 2.20. The van der Waals surface area contributed by atoms with Crippen LogP contribution in [0.3, 0.4) is 0 Å². The predicted octanol–water partition coefficient (Wildman–Crippen LogP) is 0.867. The molecule has 5 heteroatoms. The minimum Gasteiger partial charge on any atom is -0.384 e. The van der Waals surface area contributed by atoms with Crippen LogP contribution >= 0.6 is 0 Å². The Morgan fingerprint density at radius 3 is 2.76 bits per heavy atom. The number of carbonyl (C=O) groups excluding carboxylic acids is 1. The van der Waals surface area contributed by atoms with Gasteiger partial charge in [0.25, 0.3) is 0 Å². The molecule has 1 aromatic rings. The molecule has 0 aliphatic carbocycles. The van der Waals surface area contributed by atoms with Crippen molar-refractivity contribution in [1.29, 1.82) is 0 Å². The van der Waals surface area contributed by atoms with E-state index in [2.05, 4.69) is 16.7 Å². The van der Waals surface area contributed by atoms with E-state index in [9.17, 15) is 9.18 Å². The molecule has 0 saturated carbocycles. The maximum atomic E-state index is 13.3. The van der Waals surface area contributed by atoms with Gasteiger partial charge in [0.05, 0.1) is 0 Å². The third-order valence-corrected chi connectivity index (χ3v) is 3.76. The Hall–Kier alpha value is -1.90. The lowest BCUT2D eigenvalue weighted by atomic mass is 9.95. The van der Waals surface area contributed by atoms with Gasteiger partial charge in [-0.25, -0.2) is 4.39 Å². The topological polar surface area (TPSA) is 66.6 Å². The first-order valence-corrected chi connectivity index (χ1v) is 7.00. The second-order valence-corrected chi connectivity index (χ2v) is 5.21. The van der Waals surface area contributed by atoms with Crippen molar-refractivity contribution in [2.75, 3.05) is 19.7 Å². The van der Waals surface area contributed by atoms with Crippen LogP contribution in [0.1, 0.15) is 24.0 Å². The molecule has 0 unspecified atom stereocenters. The molecule has 0 aromatic heterocycles. The van der Waals surface area contributed by atoms with Crippen molar-refractivity contribution in [3.63, 3.8) is 0 Å². The fourth-order valence-corrected chi connectivity index (χ4v) is 2.55. The number of rotatable bonds is 3. The van der Waals surface area contributed by atoms with E-state index >= 15 is 0 Å². The first-order valence-electron chi connectivity index (χ1n) is 7.00. The summed E-state index contributed by atoms with van der Waals surface area (Å²) in [6.07, 6.45) is 1.52. The molecular weight excluding hydrogens is 271 g/mol. The number of aliphatic hydroxyl groups is 1. The zero-order valence-electron chi connectivity index (χ0n) is 11.8. The normalized spacial score (nSPS) is 16.3. The van der Waals surface area contributed by atoms with Gasteiger partial charge in [0.2, 0.25) is 5.91 Å². The Bertz CT molecular complexity index is 569. The van der Waals surface area contributed by atoms with Crippen LogP contribution in [0.4, 0.5) is 4.39 Å². The number of nitrogens with zero attached hydrogens (tertiary/aromatic N) is 1. The smallest absolute Gasteiger partial charge is 0.220 e. The van der Waals surface area contributed by atoms with Gasteiger partial charge in [-0.05, 0) is 43.6 Å². The molecule has 3 N–H and O–H groups in total. The maximum Gasteiger partial charge on any atom is 0.220 e. The summed E-state index contributed by atoms with van der Waals surface area (Å²) in [6.45, 7) is 1.98. The van der Waals surface area contributed by atoms with Gasteiger partial charge >= 0.3 is 0 Å². The maximum absolute atomic E-state index is 13.3. The quantitative estimate of drug-likeness (QED) is 0.812. The summed E-state index contributed by atoms with van der Waals surface area (Å²) in [7, 11) is 0. The number of hydrogen-bond acceptors (Lipinski definition) is 3. The Labute approximate surface area is 123 Å². The molecule has 1 amide bonds. The number of primary amides is 1. The van der Waals surface area contributed by atoms with Crippen molar-refractivity contribution in [3.05, 3.63) is 35.1 Å². The number of hydrogen-bond donors (Lipinski definition) is 2. The minimum atomic E-state index is -0.339. The fourth-order valence-electron chi connectivity index (χ4n) is 2.55. The van der Waals surface area contributed by atoms with Gasteiger partial charge in [0.1, 0.15) is 12.4 Å². The second kappa shape index (κ2) is 7.21. The van der Waals surface area contributed by atoms with Crippen molar-refractivity contribution < 1.29 is 14.3 Å². The molecule has 0 radical (unpaired) electrons. The summed E-state index contributed by atoms with van der Waals surface area (Å²) in [5.41, 5.74) is 6.84. The molecule has 0 atom stereocenters. The van der Waals surface area contributed by atoms with E-state index in [4.69, 9.17) is 10.8 Å². The third kappa shape index (κ3) is 4.28. The minimum absolute atomic E-state index is 0.0388. The van der Waals surface area contributed by atoms with Crippen molar-refractivity contribution in [3.8, 4) is 11.8 Å². The number of halogens is 1. The Morgan fingerprint density at radius 1 is 1.43 bits per heavy atom.